The lowest BCUT2D eigenvalue weighted by Gasteiger charge is -2.17. The molecule has 4 nitrogen and oxygen atoms in total. The van der Waals surface area contributed by atoms with Crippen molar-refractivity contribution in [2.24, 2.45) is 0 Å². The number of benzene rings is 3. The van der Waals surface area contributed by atoms with Gasteiger partial charge in [-0.25, -0.2) is 0 Å². The van der Waals surface area contributed by atoms with Gasteiger partial charge in [-0.1, -0.05) is 40.2 Å². The molecule has 0 atom stereocenters. The van der Waals surface area contributed by atoms with E-state index in [1.807, 2.05) is 24.3 Å². The number of carbonyl (C=O) groups is 2. The molecule has 0 fully saturated rings. The highest BCUT2D eigenvalue weighted by atomic mass is 79.9. The number of nitrogens with zero attached hydrogens (tertiary/aromatic N) is 1. The minimum Gasteiger partial charge on any atom is -0.339 e. The molecule has 2 aromatic heterocycles. The zero-order valence-electron chi connectivity index (χ0n) is 13.1. The van der Waals surface area contributed by atoms with Gasteiger partial charge in [0.25, 0.3) is 0 Å². The molecule has 1 aliphatic carbocycles. The van der Waals surface area contributed by atoms with Crippen LogP contribution in [0, 0.1) is 0 Å². The number of hydrogen-bond donors (Lipinski definition) is 1. The number of fused-ring (bicyclic) bond motifs is 4. The summed E-state index contributed by atoms with van der Waals surface area (Å²) in [6.45, 7) is 0. The molecule has 2 aromatic carbocycles. The van der Waals surface area contributed by atoms with Crippen molar-refractivity contribution in [3.8, 4) is 0 Å². The SMILES string of the molecule is Nn1c2ccc1cc2.O=C1c2ccccc2C(=O)c2cc(Br)ccc21. The molecule has 5 heteroatoms. The fourth-order valence-corrected chi connectivity index (χ4v) is 3.36. The van der Waals surface area contributed by atoms with Gasteiger partial charge in [0, 0.05) is 26.7 Å². The lowest BCUT2D eigenvalue weighted by molar-refractivity contribution is 0.0979. The van der Waals surface area contributed by atoms with Crippen LogP contribution in [0.2, 0.25) is 0 Å². The van der Waals surface area contributed by atoms with E-state index < -0.39 is 0 Å². The van der Waals surface area contributed by atoms with Crippen molar-refractivity contribution in [2.75, 3.05) is 5.84 Å². The van der Waals surface area contributed by atoms with E-state index in [4.69, 9.17) is 5.84 Å². The van der Waals surface area contributed by atoms with Crippen molar-refractivity contribution in [3.63, 3.8) is 0 Å². The molecule has 2 N–H and O–H groups in total. The third-order valence-electron chi connectivity index (χ3n) is 4.29. The van der Waals surface area contributed by atoms with Gasteiger partial charge in [-0.05, 0) is 42.5 Å². The normalized spacial score (nSPS) is 12.5. The Hall–Kier alpha value is -2.92. The quantitative estimate of drug-likeness (QED) is 0.404. The van der Waals surface area contributed by atoms with Gasteiger partial charge in [-0.3, -0.25) is 14.3 Å². The van der Waals surface area contributed by atoms with Gasteiger partial charge in [0.15, 0.2) is 11.6 Å². The van der Waals surface area contributed by atoms with Gasteiger partial charge in [-0.15, -0.1) is 0 Å². The van der Waals surface area contributed by atoms with Crippen LogP contribution in [-0.2, 0) is 0 Å². The maximum Gasteiger partial charge on any atom is 0.194 e. The lowest BCUT2D eigenvalue weighted by Crippen LogP contribution is -2.20. The molecule has 2 bridgehead atoms. The predicted molar refractivity (Wildman–Crippen MR) is 101 cm³/mol. The highest BCUT2D eigenvalue weighted by Crippen LogP contribution is 2.28. The summed E-state index contributed by atoms with van der Waals surface area (Å²) in [5, 5.41) is 0. The summed E-state index contributed by atoms with van der Waals surface area (Å²) in [6, 6.07) is 20.1. The molecule has 0 saturated carbocycles. The number of halogens is 1. The Labute approximate surface area is 152 Å². The van der Waals surface area contributed by atoms with Gasteiger partial charge >= 0.3 is 0 Å². The van der Waals surface area contributed by atoms with Crippen LogP contribution in [0.25, 0.3) is 11.0 Å². The molecular formula is C20H13BrN2O2. The summed E-state index contributed by atoms with van der Waals surface area (Å²) in [5.74, 6) is 5.35. The van der Waals surface area contributed by atoms with Crippen LogP contribution in [0.4, 0.5) is 0 Å². The van der Waals surface area contributed by atoms with Crippen molar-refractivity contribution in [1.29, 1.82) is 0 Å². The summed E-state index contributed by atoms with van der Waals surface area (Å²) < 4.78 is 2.47. The number of hydrogen-bond acceptors (Lipinski definition) is 3. The molecule has 122 valence electrons. The van der Waals surface area contributed by atoms with E-state index in [-0.39, 0.29) is 11.6 Å². The molecule has 25 heavy (non-hydrogen) atoms. The molecule has 1 aliphatic rings. The fraction of sp³-hybridized carbons (Fsp3) is 0. The van der Waals surface area contributed by atoms with Gasteiger partial charge < -0.3 is 5.84 Å². The maximum atomic E-state index is 12.2. The first-order chi connectivity index (χ1) is 12.1. The number of nitrogen functional groups attached to an aromatic ring is 1. The van der Waals surface area contributed by atoms with E-state index in [1.54, 1.807) is 47.1 Å². The Balaban J connectivity index is 0.000000163. The Morgan fingerprint density at radius 3 is 1.64 bits per heavy atom. The molecule has 2 heterocycles. The first kappa shape index (κ1) is 15.6. The first-order valence-electron chi connectivity index (χ1n) is 7.69. The van der Waals surface area contributed by atoms with Crippen LogP contribution in [0.15, 0.2) is 71.2 Å². The monoisotopic (exact) mass is 392 g/mol. The number of nitrogens with two attached hydrogens (primary N) is 1. The van der Waals surface area contributed by atoms with Crippen LogP contribution in [0.3, 0.4) is 0 Å². The van der Waals surface area contributed by atoms with Crippen molar-refractivity contribution in [1.82, 2.24) is 4.68 Å². The van der Waals surface area contributed by atoms with Gasteiger partial charge in [0.1, 0.15) is 0 Å². The second kappa shape index (κ2) is 5.86. The molecule has 0 unspecified atom stereocenters. The summed E-state index contributed by atoms with van der Waals surface area (Å²) in [5.41, 5.74) is 4.11. The average Bonchev–Trinajstić information content (AvgIpc) is 3.17. The number of aromatic nitrogens is 1. The van der Waals surface area contributed by atoms with E-state index in [0.717, 1.165) is 15.5 Å². The maximum absolute atomic E-state index is 12.2. The zero-order valence-corrected chi connectivity index (χ0v) is 14.7. The second-order valence-electron chi connectivity index (χ2n) is 5.78. The van der Waals surface area contributed by atoms with Crippen molar-refractivity contribution < 1.29 is 9.59 Å². The molecule has 0 radical (unpaired) electrons. The summed E-state index contributed by atoms with van der Waals surface area (Å²) in [4.78, 5) is 24.4. The third-order valence-corrected chi connectivity index (χ3v) is 4.79. The van der Waals surface area contributed by atoms with Crippen molar-refractivity contribution >= 4 is 38.5 Å². The van der Waals surface area contributed by atoms with Crippen LogP contribution < -0.4 is 5.84 Å². The fourth-order valence-electron chi connectivity index (χ4n) is 2.99. The van der Waals surface area contributed by atoms with Crippen LogP contribution in [-0.4, -0.2) is 16.2 Å². The third kappa shape index (κ3) is 2.53. The largest absolute Gasteiger partial charge is 0.339 e. The highest BCUT2D eigenvalue weighted by molar-refractivity contribution is 9.10. The molecule has 0 aliphatic heterocycles. The molecule has 0 saturated heterocycles. The number of rotatable bonds is 0. The minimum atomic E-state index is -0.0866. The minimum absolute atomic E-state index is 0.0808. The molecule has 0 amide bonds. The van der Waals surface area contributed by atoms with Crippen LogP contribution in [0.5, 0.6) is 0 Å². The van der Waals surface area contributed by atoms with E-state index in [0.29, 0.717) is 22.3 Å². The standard InChI is InChI=1S/C14H7BrO2.C6H6N2/c15-8-5-6-11-12(7-8)14(17)10-4-2-1-3-9(10)13(11)16;7-8-5-1-2-6(8)4-3-5/h1-7H;1-4H,7H2. The number of carbonyl (C=O) groups excluding carboxylic acids is 2. The highest BCUT2D eigenvalue weighted by Gasteiger charge is 2.28. The van der Waals surface area contributed by atoms with E-state index >= 15 is 0 Å². The molecular weight excluding hydrogens is 380 g/mol. The predicted octanol–water partition coefficient (Wildman–Crippen LogP) is 4.02. The van der Waals surface area contributed by atoms with E-state index in [9.17, 15) is 9.59 Å². The average molecular weight is 393 g/mol. The molecule has 5 rings (SSSR count). The summed E-state index contributed by atoms with van der Waals surface area (Å²) in [6.07, 6.45) is 0. The van der Waals surface area contributed by atoms with E-state index in [1.165, 1.54) is 0 Å². The van der Waals surface area contributed by atoms with Gasteiger partial charge in [0.2, 0.25) is 0 Å². The van der Waals surface area contributed by atoms with Crippen LogP contribution in [0.1, 0.15) is 31.8 Å². The Kier molecular flexibility index (Phi) is 3.66. The van der Waals surface area contributed by atoms with E-state index in [2.05, 4.69) is 15.9 Å². The van der Waals surface area contributed by atoms with Crippen molar-refractivity contribution in [2.45, 2.75) is 0 Å². The zero-order chi connectivity index (χ0) is 17.6. The molecule has 4 aromatic rings. The summed E-state index contributed by atoms with van der Waals surface area (Å²) in [7, 11) is 0. The topological polar surface area (TPSA) is 65.1 Å². The smallest absolute Gasteiger partial charge is 0.194 e. The lowest BCUT2D eigenvalue weighted by atomic mass is 9.84. The Morgan fingerprint density at radius 2 is 1.16 bits per heavy atom. The Bertz CT molecular complexity index is 1070. The first-order valence-corrected chi connectivity index (χ1v) is 8.48. The Morgan fingerprint density at radius 1 is 0.680 bits per heavy atom. The van der Waals surface area contributed by atoms with Crippen LogP contribution >= 0.6 is 15.9 Å². The molecule has 0 spiro atoms. The number of ketones is 2. The summed E-state index contributed by atoms with van der Waals surface area (Å²) >= 11 is 3.31. The van der Waals surface area contributed by atoms with Gasteiger partial charge in [0.05, 0.1) is 11.0 Å². The van der Waals surface area contributed by atoms with Gasteiger partial charge in [-0.2, -0.15) is 0 Å². The van der Waals surface area contributed by atoms with Crippen molar-refractivity contribution in [3.05, 3.63) is 93.5 Å². The second-order valence-corrected chi connectivity index (χ2v) is 6.70.